The largest absolute Gasteiger partial charge is 0.480 e. The van der Waals surface area contributed by atoms with E-state index in [-0.39, 0.29) is 12.6 Å². The lowest BCUT2D eigenvalue weighted by Gasteiger charge is -2.39. The molecule has 2 heterocycles. The van der Waals surface area contributed by atoms with E-state index in [9.17, 15) is 9.59 Å². The molecule has 0 bridgehead atoms. The fraction of sp³-hybridized carbons (Fsp3) is 0.710. The predicted molar refractivity (Wildman–Crippen MR) is 158 cm³/mol. The van der Waals surface area contributed by atoms with Crippen LogP contribution < -0.4 is 4.90 Å². The van der Waals surface area contributed by atoms with Crippen LogP contribution in [0.4, 0.5) is 11.4 Å². The number of likely N-dealkylation sites (tertiary alicyclic amines) is 1. The van der Waals surface area contributed by atoms with Crippen LogP contribution in [0.3, 0.4) is 0 Å². The van der Waals surface area contributed by atoms with Crippen molar-refractivity contribution < 1.29 is 14.7 Å². The number of carbonyl (C=O) groups is 2. The molecule has 2 aliphatic heterocycles. The number of hydrogen-bond donors (Lipinski definition) is 1. The van der Waals surface area contributed by atoms with Crippen LogP contribution in [0.2, 0.25) is 0 Å². The van der Waals surface area contributed by atoms with E-state index in [4.69, 9.17) is 10.1 Å². The molecular weight excluding hydrogens is 490 g/mol. The maximum absolute atomic E-state index is 12.5. The van der Waals surface area contributed by atoms with Gasteiger partial charge in [0.1, 0.15) is 5.84 Å². The van der Waals surface area contributed by atoms with Gasteiger partial charge in [0.2, 0.25) is 6.41 Å². The zero-order valence-corrected chi connectivity index (χ0v) is 24.3. The highest BCUT2D eigenvalue weighted by atomic mass is 16.4. The number of benzene rings is 1. The Balaban J connectivity index is 1.44. The number of aliphatic imine (C=N–C) groups is 1. The van der Waals surface area contributed by atoms with E-state index in [1.165, 1.54) is 57.8 Å². The van der Waals surface area contributed by atoms with Crippen molar-refractivity contribution in [2.75, 3.05) is 37.6 Å². The third kappa shape index (κ3) is 7.82. The molecule has 8 heteroatoms. The van der Waals surface area contributed by atoms with Crippen LogP contribution in [0.25, 0.3) is 0 Å². The monoisotopic (exact) mass is 539 g/mol. The molecule has 0 spiro atoms. The minimum atomic E-state index is -0.786. The van der Waals surface area contributed by atoms with E-state index in [0.717, 1.165) is 43.1 Å². The minimum absolute atomic E-state index is 0.0741. The standard InChI is InChI=1S/C31H49N5O3/c1-24-15-16-28(36(24)27-11-7-5-4-6-8-12-27)21-25(2)35(23-37)30-14-10-9-13-29(30)32-26(3)34-19-17-33(18-20-34)22-31(38)39/h9-10,13-14,23-25,27-28H,4-8,11-12,15-22H2,1-3H3,(H,38,39). The molecule has 1 amide bonds. The number of piperazine rings is 1. The molecule has 1 N–H and O–H groups in total. The first-order valence-electron chi connectivity index (χ1n) is 15.2. The van der Waals surface area contributed by atoms with Gasteiger partial charge < -0.3 is 14.9 Å². The summed E-state index contributed by atoms with van der Waals surface area (Å²) in [6.07, 6.45) is 13.9. The summed E-state index contributed by atoms with van der Waals surface area (Å²) >= 11 is 0. The Labute approximate surface area is 235 Å². The van der Waals surface area contributed by atoms with Crippen molar-refractivity contribution >= 4 is 29.6 Å². The number of hydrogen-bond acceptors (Lipinski definition) is 5. The van der Waals surface area contributed by atoms with Crippen molar-refractivity contribution in [3.63, 3.8) is 0 Å². The van der Waals surface area contributed by atoms with E-state index in [2.05, 4.69) is 23.6 Å². The third-order valence-corrected chi connectivity index (χ3v) is 9.18. The van der Waals surface area contributed by atoms with Gasteiger partial charge in [-0.3, -0.25) is 19.4 Å². The van der Waals surface area contributed by atoms with Crippen LogP contribution >= 0.6 is 0 Å². The molecule has 3 unspecified atom stereocenters. The van der Waals surface area contributed by atoms with E-state index in [1.807, 2.05) is 41.0 Å². The van der Waals surface area contributed by atoms with Gasteiger partial charge >= 0.3 is 5.97 Å². The van der Waals surface area contributed by atoms with Crippen LogP contribution in [0.15, 0.2) is 29.3 Å². The molecule has 0 aromatic heterocycles. The highest BCUT2D eigenvalue weighted by molar-refractivity contribution is 5.88. The van der Waals surface area contributed by atoms with Crippen molar-refractivity contribution in [1.82, 2.24) is 14.7 Å². The molecular formula is C31H49N5O3. The highest BCUT2D eigenvalue weighted by Gasteiger charge is 2.37. The van der Waals surface area contributed by atoms with Crippen molar-refractivity contribution in [1.29, 1.82) is 0 Å². The van der Waals surface area contributed by atoms with Crippen molar-refractivity contribution in [2.24, 2.45) is 4.99 Å². The summed E-state index contributed by atoms with van der Waals surface area (Å²) in [5.41, 5.74) is 1.66. The van der Waals surface area contributed by atoms with Crippen LogP contribution in [-0.4, -0.2) is 94.9 Å². The number of aliphatic carboxylic acids is 1. The summed E-state index contributed by atoms with van der Waals surface area (Å²) < 4.78 is 0. The smallest absolute Gasteiger partial charge is 0.317 e. The normalized spacial score (nSPS) is 25.2. The molecule has 0 radical (unpaired) electrons. The lowest BCUT2D eigenvalue weighted by molar-refractivity contribution is -0.138. The first-order chi connectivity index (χ1) is 18.9. The second-order valence-corrected chi connectivity index (χ2v) is 11.9. The number of amides is 1. The molecule has 3 atom stereocenters. The maximum atomic E-state index is 12.5. The molecule has 2 saturated heterocycles. The number of anilines is 1. The number of carboxylic acids is 1. The van der Waals surface area contributed by atoms with E-state index in [0.29, 0.717) is 31.2 Å². The zero-order chi connectivity index (χ0) is 27.8. The number of para-hydroxylation sites is 2. The molecule has 3 fully saturated rings. The molecule has 3 aliphatic rings. The van der Waals surface area contributed by atoms with Gasteiger partial charge in [0.25, 0.3) is 0 Å². The number of rotatable bonds is 9. The Bertz CT molecular complexity index is 969. The summed E-state index contributed by atoms with van der Waals surface area (Å²) in [6.45, 7) is 9.57. The Morgan fingerprint density at radius 3 is 2.38 bits per heavy atom. The second kappa shape index (κ2) is 14.3. The van der Waals surface area contributed by atoms with Gasteiger partial charge in [-0.1, -0.05) is 44.2 Å². The molecule has 216 valence electrons. The number of carbonyl (C=O) groups excluding carboxylic acids is 1. The molecule has 8 nitrogen and oxygen atoms in total. The van der Waals surface area contributed by atoms with Crippen LogP contribution in [0, 0.1) is 0 Å². The number of carboxylic acid groups (broad SMARTS) is 1. The van der Waals surface area contributed by atoms with E-state index < -0.39 is 5.97 Å². The summed E-state index contributed by atoms with van der Waals surface area (Å²) in [7, 11) is 0. The fourth-order valence-corrected chi connectivity index (χ4v) is 7.07. The van der Waals surface area contributed by atoms with Crippen molar-refractivity contribution in [3.05, 3.63) is 24.3 Å². The molecule has 4 rings (SSSR count). The number of nitrogens with zero attached hydrogens (tertiary/aromatic N) is 5. The minimum Gasteiger partial charge on any atom is -0.480 e. The summed E-state index contributed by atoms with van der Waals surface area (Å²) in [5, 5.41) is 9.08. The van der Waals surface area contributed by atoms with Crippen LogP contribution in [0.1, 0.15) is 85.0 Å². The van der Waals surface area contributed by atoms with Gasteiger partial charge in [0.05, 0.1) is 17.9 Å². The second-order valence-electron chi connectivity index (χ2n) is 11.9. The molecule has 39 heavy (non-hydrogen) atoms. The SMILES string of the molecule is CC(=Nc1ccccc1N(C=O)C(C)CC1CCC(C)N1C1CCCCCCC1)N1CCN(CC(=O)O)CC1. The Morgan fingerprint density at radius 2 is 1.72 bits per heavy atom. The van der Waals surface area contributed by atoms with E-state index in [1.54, 1.807) is 0 Å². The maximum Gasteiger partial charge on any atom is 0.317 e. The highest BCUT2D eigenvalue weighted by Crippen LogP contribution is 2.36. The average Bonchev–Trinajstić information content (AvgIpc) is 3.25. The van der Waals surface area contributed by atoms with Gasteiger partial charge in [0.15, 0.2) is 0 Å². The lowest BCUT2D eigenvalue weighted by Crippen LogP contribution is -2.49. The van der Waals surface area contributed by atoms with Crippen molar-refractivity contribution in [3.8, 4) is 0 Å². The summed E-state index contributed by atoms with van der Waals surface area (Å²) in [4.78, 5) is 37.4. The summed E-state index contributed by atoms with van der Waals surface area (Å²) in [5.74, 6) is 0.113. The third-order valence-electron chi connectivity index (χ3n) is 9.18. The lowest BCUT2D eigenvalue weighted by atomic mass is 9.93. The molecule has 1 aliphatic carbocycles. The first-order valence-corrected chi connectivity index (χ1v) is 15.2. The van der Waals surface area contributed by atoms with Gasteiger partial charge in [-0.05, 0) is 65.0 Å². The fourth-order valence-electron chi connectivity index (χ4n) is 7.07. The Morgan fingerprint density at radius 1 is 1.05 bits per heavy atom. The topological polar surface area (TPSA) is 79.7 Å². The van der Waals surface area contributed by atoms with Crippen molar-refractivity contribution in [2.45, 2.75) is 109 Å². The van der Waals surface area contributed by atoms with Gasteiger partial charge in [-0.15, -0.1) is 0 Å². The molecule has 1 aromatic carbocycles. The van der Waals surface area contributed by atoms with Gasteiger partial charge in [0, 0.05) is 50.3 Å². The van der Waals surface area contributed by atoms with Gasteiger partial charge in [-0.25, -0.2) is 4.99 Å². The zero-order valence-electron chi connectivity index (χ0n) is 24.3. The quantitative estimate of drug-likeness (QED) is 0.266. The van der Waals surface area contributed by atoms with Gasteiger partial charge in [-0.2, -0.15) is 0 Å². The van der Waals surface area contributed by atoms with Crippen LogP contribution in [0.5, 0.6) is 0 Å². The van der Waals surface area contributed by atoms with E-state index >= 15 is 0 Å². The summed E-state index contributed by atoms with van der Waals surface area (Å²) in [6, 6.07) is 9.84. The molecule has 1 aromatic rings. The Hall–Kier alpha value is -2.45. The average molecular weight is 540 g/mol. The predicted octanol–water partition coefficient (Wildman–Crippen LogP) is 5.15. The Kier molecular flexibility index (Phi) is 10.8. The molecule has 1 saturated carbocycles. The van der Waals surface area contributed by atoms with Crippen LogP contribution in [-0.2, 0) is 9.59 Å². The number of amidine groups is 1. The first kappa shape index (κ1) is 29.5.